The van der Waals surface area contributed by atoms with E-state index in [9.17, 15) is 14.4 Å². The zero-order valence-electron chi connectivity index (χ0n) is 17.7. The molecule has 0 unspecified atom stereocenters. The summed E-state index contributed by atoms with van der Waals surface area (Å²) in [6.45, 7) is 3.40. The summed E-state index contributed by atoms with van der Waals surface area (Å²) < 4.78 is 6.61. The number of thioether (sulfide) groups is 1. The first-order valence-electron chi connectivity index (χ1n) is 10.5. The molecule has 6 nitrogen and oxygen atoms in total. The van der Waals surface area contributed by atoms with Crippen LogP contribution >= 0.6 is 27.7 Å². The number of carbonyl (C=O) groups is 3. The second-order valence-corrected chi connectivity index (χ2v) is 9.54. The fourth-order valence-electron chi connectivity index (χ4n) is 3.70. The smallest absolute Gasteiger partial charge is 0.294 e. The van der Waals surface area contributed by atoms with Crippen LogP contribution in [0.3, 0.4) is 0 Å². The zero-order chi connectivity index (χ0) is 22.7. The van der Waals surface area contributed by atoms with Gasteiger partial charge in [0.25, 0.3) is 11.1 Å². The molecule has 4 rings (SSSR count). The predicted molar refractivity (Wildman–Crippen MR) is 128 cm³/mol. The fourth-order valence-corrected chi connectivity index (χ4v) is 4.90. The minimum Gasteiger partial charge on any atom is -0.493 e. The van der Waals surface area contributed by atoms with Crippen LogP contribution in [0.15, 0.2) is 51.8 Å². The highest BCUT2D eigenvalue weighted by atomic mass is 79.9. The van der Waals surface area contributed by atoms with Crippen molar-refractivity contribution in [1.82, 2.24) is 9.80 Å². The molecular weight excluding hydrogens is 492 g/mol. The summed E-state index contributed by atoms with van der Waals surface area (Å²) in [5.74, 6) is -0.0328. The molecule has 0 saturated carbocycles. The highest BCUT2D eigenvalue weighted by molar-refractivity contribution is 9.10. The van der Waals surface area contributed by atoms with Gasteiger partial charge in [-0.1, -0.05) is 47.1 Å². The number of ether oxygens (including phenoxy) is 1. The van der Waals surface area contributed by atoms with E-state index in [0.717, 1.165) is 39.5 Å². The van der Waals surface area contributed by atoms with Crippen LogP contribution in [0.2, 0.25) is 0 Å². The number of rotatable bonds is 6. The van der Waals surface area contributed by atoms with Crippen LogP contribution in [0.5, 0.6) is 5.75 Å². The maximum atomic E-state index is 12.9. The Morgan fingerprint density at radius 3 is 2.75 bits per heavy atom. The molecule has 0 N–H and O–H groups in total. The molecule has 0 radical (unpaired) electrons. The second-order valence-electron chi connectivity index (χ2n) is 7.63. The number of benzene rings is 2. The van der Waals surface area contributed by atoms with E-state index in [-0.39, 0.29) is 17.4 Å². The lowest BCUT2D eigenvalue weighted by Gasteiger charge is -2.29. The van der Waals surface area contributed by atoms with Gasteiger partial charge in [-0.15, -0.1) is 0 Å². The Morgan fingerprint density at radius 2 is 1.97 bits per heavy atom. The molecule has 2 aliphatic rings. The molecule has 0 aromatic heterocycles. The van der Waals surface area contributed by atoms with Gasteiger partial charge >= 0.3 is 0 Å². The summed E-state index contributed by atoms with van der Waals surface area (Å²) in [5, 5.41) is -0.432. The van der Waals surface area contributed by atoms with E-state index >= 15 is 0 Å². The molecule has 2 aromatic carbocycles. The average Bonchev–Trinajstić information content (AvgIpc) is 3.05. The van der Waals surface area contributed by atoms with Gasteiger partial charge in [0.2, 0.25) is 5.91 Å². The third-order valence-corrected chi connectivity index (χ3v) is 6.77. The first kappa shape index (κ1) is 22.6. The maximum Gasteiger partial charge on any atom is 0.294 e. The summed E-state index contributed by atoms with van der Waals surface area (Å²) in [6.07, 6.45) is 3.28. The average molecular weight is 515 g/mol. The highest BCUT2D eigenvalue weighted by Crippen LogP contribution is 2.35. The summed E-state index contributed by atoms with van der Waals surface area (Å²) >= 11 is 4.29. The first-order valence-corrected chi connectivity index (χ1v) is 12.1. The highest BCUT2D eigenvalue weighted by Gasteiger charge is 2.37. The van der Waals surface area contributed by atoms with Crippen molar-refractivity contribution in [3.8, 4) is 5.75 Å². The topological polar surface area (TPSA) is 66.9 Å². The molecule has 2 heterocycles. The number of nitrogens with zero attached hydrogens (tertiary/aromatic N) is 2. The Bertz CT molecular complexity index is 1100. The normalized spacial score (nSPS) is 17.1. The Kier molecular flexibility index (Phi) is 7.01. The quantitative estimate of drug-likeness (QED) is 0.515. The van der Waals surface area contributed by atoms with Gasteiger partial charge in [0.15, 0.2) is 0 Å². The Morgan fingerprint density at radius 1 is 1.19 bits per heavy atom. The predicted octanol–water partition coefficient (Wildman–Crippen LogP) is 4.86. The van der Waals surface area contributed by atoms with Gasteiger partial charge in [0.05, 0.1) is 11.5 Å². The Hall–Kier alpha value is -2.58. The number of hydrogen-bond acceptors (Lipinski definition) is 5. The van der Waals surface area contributed by atoms with E-state index in [1.165, 1.54) is 5.56 Å². The molecule has 1 fully saturated rings. The fraction of sp³-hybridized carbons (Fsp3) is 0.292. The molecule has 0 bridgehead atoms. The number of halogens is 1. The Balaban J connectivity index is 1.48. The number of fused-ring (bicyclic) bond motifs is 1. The second kappa shape index (κ2) is 9.92. The van der Waals surface area contributed by atoms with E-state index in [4.69, 9.17) is 4.74 Å². The summed E-state index contributed by atoms with van der Waals surface area (Å²) in [7, 11) is 0. The lowest BCUT2D eigenvalue weighted by atomic mass is 10.00. The van der Waals surface area contributed by atoms with Gasteiger partial charge in [-0.3, -0.25) is 19.3 Å². The minimum absolute atomic E-state index is 0.225. The molecule has 2 aliphatic heterocycles. The summed E-state index contributed by atoms with van der Waals surface area (Å²) in [5.41, 5.74) is 3.05. The van der Waals surface area contributed by atoms with Crippen molar-refractivity contribution < 1.29 is 19.1 Å². The van der Waals surface area contributed by atoms with Gasteiger partial charge < -0.3 is 9.64 Å². The molecule has 0 aliphatic carbocycles. The van der Waals surface area contributed by atoms with Crippen molar-refractivity contribution in [2.45, 2.75) is 26.3 Å². The molecule has 0 atom stereocenters. The van der Waals surface area contributed by atoms with Crippen molar-refractivity contribution in [2.75, 3.05) is 19.7 Å². The van der Waals surface area contributed by atoms with Crippen molar-refractivity contribution in [3.05, 3.63) is 68.5 Å². The third-order valence-electron chi connectivity index (χ3n) is 5.37. The van der Waals surface area contributed by atoms with Crippen molar-refractivity contribution in [2.24, 2.45) is 0 Å². The van der Waals surface area contributed by atoms with Crippen LogP contribution in [0.1, 0.15) is 30.0 Å². The molecule has 3 amide bonds. The number of amides is 3. The molecule has 166 valence electrons. The summed E-state index contributed by atoms with van der Waals surface area (Å²) in [4.78, 5) is 41.4. The van der Waals surface area contributed by atoms with Crippen LogP contribution in [-0.2, 0) is 22.6 Å². The SMILES string of the molecule is CCCOc1ccc(Br)cc1/C=C1/SC(=O)N(CC(=O)N2CCc3ccccc3C2)C1=O. The van der Waals surface area contributed by atoms with Gasteiger partial charge in [-0.25, -0.2) is 0 Å². The molecule has 8 heteroatoms. The molecule has 0 spiro atoms. The molecule has 2 aromatic rings. The van der Waals surface area contributed by atoms with E-state index in [2.05, 4.69) is 22.0 Å². The van der Waals surface area contributed by atoms with E-state index < -0.39 is 11.1 Å². The van der Waals surface area contributed by atoms with Gasteiger partial charge in [-0.2, -0.15) is 0 Å². The van der Waals surface area contributed by atoms with Gasteiger partial charge in [0, 0.05) is 23.1 Å². The van der Waals surface area contributed by atoms with Crippen LogP contribution in [-0.4, -0.2) is 46.5 Å². The third kappa shape index (κ3) is 4.91. The minimum atomic E-state index is -0.452. The van der Waals surface area contributed by atoms with Crippen LogP contribution < -0.4 is 4.74 Å². The number of imide groups is 1. The molecule has 1 saturated heterocycles. The standard InChI is InChI=1S/C24H23BrN2O4S/c1-2-11-31-20-8-7-19(25)12-18(20)13-21-23(29)27(24(30)32-21)15-22(28)26-10-9-16-5-3-4-6-17(16)14-26/h3-8,12-13H,2,9-11,14-15H2,1H3/b21-13+. The molecule has 32 heavy (non-hydrogen) atoms. The van der Waals surface area contributed by atoms with Crippen molar-refractivity contribution >= 4 is 50.8 Å². The number of carbonyl (C=O) groups excluding carboxylic acids is 3. The van der Waals surface area contributed by atoms with Crippen molar-refractivity contribution in [3.63, 3.8) is 0 Å². The largest absolute Gasteiger partial charge is 0.493 e. The summed E-state index contributed by atoms with van der Waals surface area (Å²) in [6, 6.07) is 13.6. The molecular formula is C24H23BrN2O4S. The monoisotopic (exact) mass is 514 g/mol. The zero-order valence-corrected chi connectivity index (χ0v) is 20.1. The maximum absolute atomic E-state index is 12.9. The van der Waals surface area contributed by atoms with Gasteiger partial charge in [-0.05, 0) is 60.0 Å². The van der Waals surface area contributed by atoms with E-state index in [1.54, 1.807) is 11.0 Å². The van der Waals surface area contributed by atoms with Gasteiger partial charge in [0.1, 0.15) is 12.3 Å². The van der Waals surface area contributed by atoms with Crippen molar-refractivity contribution in [1.29, 1.82) is 0 Å². The van der Waals surface area contributed by atoms with Crippen LogP contribution in [0.25, 0.3) is 6.08 Å². The lowest BCUT2D eigenvalue weighted by molar-refractivity contribution is -0.136. The van der Waals surface area contributed by atoms with E-state index in [0.29, 0.717) is 31.0 Å². The first-order chi connectivity index (χ1) is 15.5. The number of hydrogen-bond donors (Lipinski definition) is 0. The van der Waals surface area contributed by atoms with Crippen LogP contribution in [0.4, 0.5) is 4.79 Å². The van der Waals surface area contributed by atoms with Crippen LogP contribution in [0, 0.1) is 0 Å². The van der Waals surface area contributed by atoms with E-state index in [1.807, 2.05) is 43.3 Å². The lowest BCUT2D eigenvalue weighted by Crippen LogP contribution is -2.44. The Labute approximate surface area is 199 Å².